The number of benzene rings is 2. The van der Waals surface area contributed by atoms with Crippen LogP contribution in [-0.2, 0) is 12.7 Å². The number of halogens is 4. The minimum absolute atomic E-state index is 0.0499. The molecule has 5 nitrogen and oxygen atoms in total. The van der Waals surface area contributed by atoms with E-state index in [1.54, 1.807) is 6.92 Å². The molecule has 0 aliphatic rings. The van der Waals surface area contributed by atoms with E-state index < -0.39 is 23.1 Å². The van der Waals surface area contributed by atoms with E-state index in [4.69, 9.17) is 4.52 Å². The van der Waals surface area contributed by atoms with Gasteiger partial charge >= 0.3 is 6.18 Å². The third-order valence-electron chi connectivity index (χ3n) is 4.48. The van der Waals surface area contributed by atoms with Crippen molar-refractivity contribution in [1.29, 1.82) is 0 Å². The maximum atomic E-state index is 13.3. The molecule has 4 rings (SSSR count). The lowest BCUT2D eigenvalue weighted by Gasteiger charge is -2.10. The zero-order valence-corrected chi connectivity index (χ0v) is 15.0. The minimum atomic E-state index is -4.44. The average Bonchev–Trinajstić information content (AvgIpc) is 3.07. The number of aryl methyl sites for hydroxylation is 1. The summed E-state index contributed by atoms with van der Waals surface area (Å²) >= 11 is 0. The molecule has 29 heavy (non-hydrogen) atoms. The number of hydrogen-bond donors (Lipinski definition) is 0. The smallest absolute Gasteiger partial charge is 0.353 e. The normalized spacial score (nSPS) is 11.9. The van der Waals surface area contributed by atoms with Gasteiger partial charge in [-0.1, -0.05) is 17.3 Å². The molecule has 0 radical (unpaired) electrons. The molecule has 4 aromatic rings. The standard InChI is InChI=1S/C20H13F4N3O2/c1-11-16-18(29-26-11)17(13-4-8-15(21)9-5-13)25-27(19(16)28)10-12-2-6-14(7-3-12)20(22,23)24/h2-9H,10H2,1H3. The molecule has 2 aromatic heterocycles. The van der Waals surface area contributed by atoms with Crippen LogP contribution in [0.15, 0.2) is 57.8 Å². The Kier molecular flexibility index (Phi) is 4.45. The quantitative estimate of drug-likeness (QED) is 0.471. The SMILES string of the molecule is Cc1noc2c(-c3ccc(F)cc3)nn(Cc3ccc(C(F)(F)F)cc3)c(=O)c12. The molecule has 0 spiro atoms. The molecule has 2 aromatic carbocycles. The fourth-order valence-electron chi connectivity index (χ4n) is 3.00. The Morgan fingerprint density at radius 2 is 1.69 bits per heavy atom. The fraction of sp³-hybridized carbons (Fsp3) is 0.150. The molecule has 148 valence electrons. The van der Waals surface area contributed by atoms with E-state index in [9.17, 15) is 22.4 Å². The van der Waals surface area contributed by atoms with Gasteiger partial charge in [-0.25, -0.2) is 9.07 Å². The summed E-state index contributed by atoms with van der Waals surface area (Å²) in [5.74, 6) is -0.433. The van der Waals surface area contributed by atoms with Crippen molar-refractivity contribution in [2.75, 3.05) is 0 Å². The largest absolute Gasteiger partial charge is 0.416 e. The van der Waals surface area contributed by atoms with Crippen LogP contribution < -0.4 is 5.56 Å². The van der Waals surface area contributed by atoms with Crippen LogP contribution in [0.1, 0.15) is 16.8 Å². The summed E-state index contributed by atoms with van der Waals surface area (Å²) in [7, 11) is 0. The van der Waals surface area contributed by atoms with Gasteiger partial charge in [0.25, 0.3) is 5.56 Å². The Labute approximate surface area is 161 Å². The second-order valence-corrected chi connectivity index (χ2v) is 6.49. The van der Waals surface area contributed by atoms with Crippen molar-refractivity contribution in [1.82, 2.24) is 14.9 Å². The maximum Gasteiger partial charge on any atom is 0.416 e. The summed E-state index contributed by atoms with van der Waals surface area (Å²) < 4.78 is 57.9. The van der Waals surface area contributed by atoms with Gasteiger partial charge in [-0.05, 0) is 48.9 Å². The van der Waals surface area contributed by atoms with E-state index in [0.717, 1.165) is 16.8 Å². The van der Waals surface area contributed by atoms with Crippen LogP contribution >= 0.6 is 0 Å². The molecule has 0 aliphatic carbocycles. The summed E-state index contributed by atoms with van der Waals surface area (Å²) in [6.45, 7) is 1.55. The fourth-order valence-corrected chi connectivity index (χ4v) is 3.00. The molecule has 0 atom stereocenters. The Hall–Kier alpha value is -3.49. The Morgan fingerprint density at radius 3 is 2.31 bits per heavy atom. The highest BCUT2D eigenvalue weighted by Gasteiger charge is 2.30. The van der Waals surface area contributed by atoms with Crippen molar-refractivity contribution in [3.05, 3.63) is 81.5 Å². The summed E-state index contributed by atoms with van der Waals surface area (Å²) in [5, 5.41) is 8.34. The summed E-state index contributed by atoms with van der Waals surface area (Å²) in [6.07, 6.45) is -4.44. The lowest BCUT2D eigenvalue weighted by Crippen LogP contribution is -2.24. The zero-order valence-electron chi connectivity index (χ0n) is 15.0. The number of nitrogens with zero attached hydrogens (tertiary/aromatic N) is 3. The molecule has 0 N–H and O–H groups in total. The Bertz CT molecular complexity index is 1240. The molecule has 2 heterocycles. The number of alkyl halides is 3. The maximum absolute atomic E-state index is 13.3. The predicted molar refractivity (Wildman–Crippen MR) is 96.7 cm³/mol. The second kappa shape index (κ2) is 6.84. The Morgan fingerprint density at radius 1 is 1.03 bits per heavy atom. The van der Waals surface area contributed by atoms with Crippen molar-refractivity contribution in [3.63, 3.8) is 0 Å². The van der Waals surface area contributed by atoms with Gasteiger partial charge in [0.05, 0.1) is 17.8 Å². The predicted octanol–water partition coefficient (Wildman–Crippen LogP) is 4.57. The van der Waals surface area contributed by atoms with Gasteiger partial charge in [0.2, 0.25) is 5.58 Å². The molecule has 9 heteroatoms. The molecule has 0 saturated heterocycles. The van der Waals surface area contributed by atoms with E-state index in [1.165, 1.54) is 36.4 Å². The van der Waals surface area contributed by atoms with Crippen molar-refractivity contribution in [2.45, 2.75) is 19.6 Å². The number of hydrogen-bond acceptors (Lipinski definition) is 4. The number of aromatic nitrogens is 3. The van der Waals surface area contributed by atoms with Gasteiger partial charge < -0.3 is 4.52 Å². The van der Waals surface area contributed by atoms with Crippen LogP contribution in [0, 0.1) is 12.7 Å². The number of rotatable bonds is 3. The zero-order chi connectivity index (χ0) is 20.8. The van der Waals surface area contributed by atoms with Crippen molar-refractivity contribution in [3.8, 4) is 11.3 Å². The van der Waals surface area contributed by atoms with Gasteiger partial charge in [-0.2, -0.15) is 18.3 Å². The van der Waals surface area contributed by atoms with E-state index in [1.807, 2.05) is 0 Å². The third-order valence-corrected chi connectivity index (χ3v) is 4.48. The highest BCUT2D eigenvalue weighted by Crippen LogP contribution is 2.29. The van der Waals surface area contributed by atoms with Crippen LogP contribution in [-0.4, -0.2) is 14.9 Å². The first kappa shape index (κ1) is 18.9. The first-order valence-electron chi connectivity index (χ1n) is 8.53. The van der Waals surface area contributed by atoms with Crippen LogP contribution in [0.2, 0.25) is 0 Å². The molecule has 0 bridgehead atoms. The highest BCUT2D eigenvalue weighted by atomic mass is 19.4. The second-order valence-electron chi connectivity index (χ2n) is 6.49. The van der Waals surface area contributed by atoms with Gasteiger partial charge in [0.1, 0.15) is 16.9 Å². The third kappa shape index (κ3) is 3.51. The Balaban J connectivity index is 1.82. The first-order valence-corrected chi connectivity index (χ1v) is 8.53. The van der Waals surface area contributed by atoms with Gasteiger partial charge in [-0.3, -0.25) is 4.79 Å². The van der Waals surface area contributed by atoms with Crippen LogP contribution in [0.4, 0.5) is 17.6 Å². The minimum Gasteiger partial charge on any atom is -0.353 e. The highest BCUT2D eigenvalue weighted by molar-refractivity contribution is 5.90. The first-order chi connectivity index (χ1) is 13.7. The van der Waals surface area contributed by atoms with Crippen molar-refractivity contribution in [2.24, 2.45) is 0 Å². The summed E-state index contributed by atoms with van der Waals surface area (Å²) in [5.41, 5.74) is 0.523. The van der Waals surface area contributed by atoms with E-state index in [2.05, 4.69) is 10.3 Å². The topological polar surface area (TPSA) is 60.9 Å². The van der Waals surface area contributed by atoms with Crippen LogP contribution in [0.25, 0.3) is 22.2 Å². The average molecular weight is 403 g/mol. The van der Waals surface area contributed by atoms with Crippen LogP contribution in [0.3, 0.4) is 0 Å². The van der Waals surface area contributed by atoms with Gasteiger partial charge in [0, 0.05) is 5.56 Å². The molecular weight excluding hydrogens is 390 g/mol. The lowest BCUT2D eigenvalue weighted by atomic mass is 10.1. The van der Waals surface area contributed by atoms with E-state index >= 15 is 0 Å². The molecule has 0 unspecified atom stereocenters. The lowest BCUT2D eigenvalue weighted by molar-refractivity contribution is -0.137. The monoisotopic (exact) mass is 403 g/mol. The van der Waals surface area contributed by atoms with Crippen molar-refractivity contribution >= 4 is 11.0 Å². The van der Waals surface area contributed by atoms with E-state index in [-0.39, 0.29) is 23.2 Å². The summed E-state index contributed by atoms with van der Waals surface area (Å²) in [6, 6.07) is 9.95. The molecule has 0 amide bonds. The summed E-state index contributed by atoms with van der Waals surface area (Å²) in [4.78, 5) is 12.8. The van der Waals surface area contributed by atoms with Gasteiger partial charge in [0.15, 0.2) is 0 Å². The molecule has 0 aliphatic heterocycles. The molecule has 0 fully saturated rings. The molecular formula is C20H13F4N3O2. The van der Waals surface area contributed by atoms with Gasteiger partial charge in [-0.15, -0.1) is 0 Å². The van der Waals surface area contributed by atoms with E-state index in [0.29, 0.717) is 16.8 Å². The molecule has 0 saturated carbocycles. The van der Waals surface area contributed by atoms with Crippen LogP contribution in [0.5, 0.6) is 0 Å². The number of fused-ring (bicyclic) bond motifs is 1. The van der Waals surface area contributed by atoms with Crippen molar-refractivity contribution < 1.29 is 22.1 Å².